The molecule has 0 fully saturated rings. The van der Waals surface area contributed by atoms with E-state index < -0.39 is 10.0 Å². The summed E-state index contributed by atoms with van der Waals surface area (Å²) in [6, 6.07) is 18.4. The van der Waals surface area contributed by atoms with Crippen LogP contribution in [0.2, 0.25) is 15.1 Å². The SMILES string of the molecule is CS(=O)(=O)N(Cc1ccc(Cl)cc1)c1ccc(C(=O)NCc2ccc(Cl)cc2Cl)cc1. The van der Waals surface area contributed by atoms with Crippen molar-refractivity contribution in [2.45, 2.75) is 13.1 Å². The van der Waals surface area contributed by atoms with E-state index >= 15 is 0 Å². The number of nitrogens with one attached hydrogen (secondary N) is 1. The van der Waals surface area contributed by atoms with Crippen molar-refractivity contribution in [3.63, 3.8) is 0 Å². The molecule has 5 nitrogen and oxygen atoms in total. The van der Waals surface area contributed by atoms with Crippen LogP contribution in [0.4, 0.5) is 5.69 Å². The molecule has 9 heteroatoms. The highest BCUT2D eigenvalue weighted by Crippen LogP contribution is 2.23. The van der Waals surface area contributed by atoms with Crippen LogP contribution in [0.15, 0.2) is 66.7 Å². The first-order chi connectivity index (χ1) is 14.6. The summed E-state index contributed by atoms with van der Waals surface area (Å²) in [6.07, 6.45) is 1.14. The van der Waals surface area contributed by atoms with E-state index in [1.165, 1.54) is 4.31 Å². The van der Waals surface area contributed by atoms with Crippen LogP contribution in [0.1, 0.15) is 21.5 Å². The zero-order valence-corrected chi connectivity index (χ0v) is 19.6. The molecule has 0 saturated heterocycles. The lowest BCUT2D eigenvalue weighted by molar-refractivity contribution is 0.0951. The van der Waals surface area contributed by atoms with Crippen LogP contribution in [0.3, 0.4) is 0 Å². The smallest absolute Gasteiger partial charge is 0.251 e. The third kappa shape index (κ3) is 6.37. The van der Waals surface area contributed by atoms with Crippen LogP contribution in [0.25, 0.3) is 0 Å². The Kier molecular flexibility index (Phi) is 7.49. The van der Waals surface area contributed by atoms with E-state index in [0.29, 0.717) is 26.3 Å². The molecule has 0 aliphatic heterocycles. The minimum absolute atomic E-state index is 0.149. The highest BCUT2D eigenvalue weighted by Gasteiger charge is 2.18. The van der Waals surface area contributed by atoms with Gasteiger partial charge in [0.25, 0.3) is 5.91 Å². The second-order valence-corrected chi connectivity index (χ2v) is 10.0. The molecule has 1 amide bonds. The molecule has 1 N–H and O–H groups in total. The van der Waals surface area contributed by atoms with Crippen molar-refractivity contribution >= 4 is 56.4 Å². The molecule has 0 aromatic heterocycles. The van der Waals surface area contributed by atoms with Crippen LogP contribution in [-0.2, 0) is 23.1 Å². The van der Waals surface area contributed by atoms with Gasteiger partial charge in [-0.1, -0.05) is 53.0 Å². The minimum Gasteiger partial charge on any atom is -0.348 e. The molecule has 0 spiro atoms. The number of anilines is 1. The van der Waals surface area contributed by atoms with Crippen molar-refractivity contribution in [3.05, 3.63) is 98.5 Å². The molecule has 162 valence electrons. The minimum atomic E-state index is -3.54. The lowest BCUT2D eigenvalue weighted by Crippen LogP contribution is -2.29. The van der Waals surface area contributed by atoms with Crippen molar-refractivity contribution < 1.29 is 13.2 Å². The maximum Gasteiger partial charge on any atom is 0.251 e. The van der Waals surface area contributed by atoms with E-state index in [-0.39, 0.29) is 19.0 Å². The molecular weight excluding hydrogens is 479 g/mol. The maximum atomic E-state index is 12.5. The summed E-state index contributed by atoms with van der Waals surface area (Å²) in [4.78, 5) is 12.5. The van der Waals surface area contributed by atoms with Gasteiger partial charge in [-0.05, 0) is 59.7 Å². The fourth-order valence-corrected chi connectivity index (χ4v) is 4.37. The third-order valence-corrected chi connectivity index (χ3v) is 6.49. The Hall–Kier alpha value is -2.25. The Bertz CT molecular complexity index is 1180. The Morgan fingerprint density at radius 3 is 2.10 bits per heavy atom. The maximum absolute atomic E-state index is 12.5. The van der Waals surface area contributed by atoms with Crippen molar-refractivity contribution in [2.24, 2.45) is 0 Å². The number of hydrogen-bond acceptors (Lipinski definition) is 3. The zero-order valence-electron chi connectivity index (χ0n) is 16.5. The van der Waals surface area contributed by atoms with Crippen LogP contribution in [0.5, 0.6) is 0 Å². The van der Waals surface area contributed by atoms with Gasteiger partial charge in [-0.2, -0.15) is 0 Å². The topological polar surface area (TPSA) is 66.5 Å². The van der Waals surface area contributed by atoms with Gasteiger partial charge in [0.15, 0.2) is 0 Å². The molecule has 3 rings (SSSR count). The zero-order chi connectivity index (χ0) is 22.6. The average molecular weight is 498 g/mol. The van der Waals surface area contributed by atoms with Gasteiger partial charge in [0.2, 0.25) is 10.0 Å². The Morgan fingerprint density at radius 2 is 1.52 bits per heavy atom. The molecule has 0 bridgehead atoms. The number of carbonyl (C=O) groups excluding carboxylic acids is 1. The summed E-state index contributed by atoms with van der Waals surface area (Å²) in [5.41, 5.74) is 2.38. The van der Waals surface area contributed by atoms with E-state index in [4.69, 9.17) is 34.8 Å². The number of rotatable bonds is 7. The number of hydrogen-bond donors (Lipinski definition) is 1. The number of sulfonamides is 1. The first-order valence-corrected chi connectivity index (χ1v) is 12.2. The molecule has 3 aromatic rings. The van der Waals surface area contributed by atoms with Gasteiger partial charge in [-0.15, -0.1) is 0 Å². The lowest BCUT2D eigenvalue weighted by Gasteiger charge is -2.23. The van der Waals surface area contributed by atoms with E-state index in [9.17, 15) is 13.2 Å². The fourth-order valence-electron chi connectivity index (χ4n) is 2.88. The number of nitrogens with zero attached hydrogens (tertiary/aromatic N) is 1. The van der Waals surface area contributed by atoms with Crippen molar-refractivity contribution in [1.82, 2.24) is 5.32 Å². The first kappa shape index (κ1) is 23.4. The van der Waals surface area contributed by atoms with Crippen LogP contribution < -0.4 is 9.62 Å². The predicted octanol–water partition coefficient (Wildman–Crippen LogP) is 5.54. The summed E-state index contributed by atoms with van der Waals surface area (Å²) in [5.74, 6) is -0.304. The number of benzene rings is 3. The molecule has 0 radical (unpaired) electrons. The lowest BCUT2D eigenvalue weighted by atomic mass is 10.1. The summed E-state index contributed by atoms with van der Waals surface area (Å²) < 4.78 is 25.9. The summed E-state index contributed by atoms with van der Waals surface area (Å²) in [5, 5.41) is 4.35. The molecular formula is C22H19Cl3N2O3S. The van der Waals surface area contributed by atoms with Gasteiger partial charge >= 0.3 is 0 Å². The quantitative estimate of drug-likeness (QED) is 0.466. The molecule has 0 atom stereocenters. The highest BCUT2D eigenvalue weighted by atomic mass is 35.5. The summed E-state index contributed by atoms with van der Waals surface area (Å²) >= 11 is 17.9. The van der Waals surface area contributed by atoms with Crippen LogP contribution in [-0.4, -0.2) is 20.6 Å². The molecule has 0 aliphatic carbocycles. The van der Waals surface area contributed by atoms with Crippen molar-refractivity contribution in [3.8, 4) is 0 Å². The summed E-state index contributed by atoms with van der Waals surface area (Å²) in [6.45, 7) is 0.388. The van der Waals surface area contributed by atoms with Crippen molar-refractivity contribution in [2.75, 3.05) is 10.6 Å². The Morgan fingerprint density at radius 1 is 0.903 bits per heavy atom. The van der Waals surface area contributed by atoms with Crippen molar-refractivity contribution in [1.29, 1.82) is 0 Å². The van der Waals surface area contributed by atoms with Crippen LogP contribution in [0, 0.1) is 0 Å². The number of carbonyl (C=O) groups is 1. The molecule has 0 saturated carbocycles. The van der Waals surface area contributed by atoms with Gasteiger partial charge in [0.05, 0.1) is 18.5 Å². The van der Waals surface area contributed by atoms with Gasteiger partial charge < -0.3 is 5.32 Å². The van der Waals surface area contributed by atoms with Gasteiger partial charge in [-0.25, -0.2) is 8.42 Å². The molecule has 3 aromatic carbocycles. The van der Waals surface area contributed by atoms with E-state index in [1.54, 1.807) is 66.7 Å². The molecule has 31 heavy (non-hydrogen) atoms. The number of amides is 1. The van der Waals surface area contributed by atoms with Gasteiger partial charge in [0.1, 0.15) is 0 Å². The second-order valence-electron chi connectivity index (χ2n) is 6.86. The van der Waals surface area contributed by atoms with Crippen LogP contribution >= 0.6 is 34.8 Å². The van der Waals surface area contributed by atoms with E-state index in [1.807, 2.05) is 0 Å². The highest BCUT2D eigenvalue weighted by molar-refractivity contribution is 7.92. The van der Waals surface area contributed by atoms with Gasteiger partial charge in [-0.3, -0.25) is 9.10 Å². The standard InChI is InChI=1S/C22H19Cl3N2O3S/c1-31(29,30)27(14-15-2-7-18(23)8-3-15)20-10-5-16(6-11-20)22(28)26-13-17-4-9-19(24)12-21(17)25/h2-12H,13-14H2,1H3,(H,26,28). The number of halogens is 3. The first-order valence-electron chi connectivity index (χ1n) is 9.18. The average Bonchev–Trinajstić information content (AvgIpc) is 2.72. The molecule has 0 heterocycles. The normalized spacial score (nSPS) is 11.2. The second kappa shape index (κ2) is 9.92. The summed E-state index contributed by atoms with van der Waals surface area (Å²) in [7, 11) is -3.54. The fraction of sp³-hybridized carbons (Fsp3) is 0.136. The third-order valence-electron chi connectivity index (χ3n) is 4.51. The predicted molar refractivity (Wildman–Crippen MR) is 127 cm³/mol. The Balaban J connectivity index is 1.73. The largest absolute Gasteiger partial charge is 0.348 e. The molecule has 0 unspecified atom stereocenters. The Labute approximate surface area is 196 Å². The van der Waals surface area contributed by atoms with E-state index in [2.05, 4.69) is 5.32 Å². The molecule has 0 aliphatic rings. The van der Waals surface area contributed by atoms with Gasteiger partial charge in [0, 0.05) is 27.2 Å². The monoisotopic (exact) mass is 496 g/mol. The van der Waals surface area contributed by atoms with E-state index in [0.717, 1.165) is 17.4 Å².